The predicted octanol–water partition coefficient (Wildman–Crippen LogP) is 5.09. The van der Waals surface area contributed by atoms with Gasteiger partial charge < -0.3 is 5.32 Å². The molecule has 0 amide bonds. The molecule has 1 aliphatic heterocycles. The Balaban J connectivity index is 1.94. The molecule has 1 aromatic heterocycles. The highest BCUT2D eigenvalue weighted by atomic mass is 32.2. The molecule has 0 saturated carbocycles. The summed E-state index contributed by atoms with van der Waals surface area (Å²) in [5.74, 6) is 1.25. The topological polar surface area (TPSA) is 46.9 Å². The first kappa shape index (κ1) is 18.4. The van der Waals surface area contributed by atoms with Crippen LogP contribution in [0.5, 0.6) is 0 Å². The summed E-state index contributed by atoms with van der Waals surface area (Å²) < 4.78 is 2.08. The van der Waals surface area contributed by atoms with Gasteiger partial charge in [0.1, 0.15) is 11.6 Å². The number of nitrogens with zero attached hydrogens (tertiary/aromatic N) is 2. The Labute approximate surface area is 165 Å². The largest absolute Gasteiger partial charge is 0.343 e. The SMILES string of the molecule is CSc1ccc([C@@H]2c3c(C)nn(C(C)(C)C)c3NC3=CCCC(=O)[C@H]32)cc1. The van der Waals surface area contributed by atoms with E-state index in [-0.39, 0.29) is 17.4 Å². The van der Waals surface area contributed by atoms with Gasteiger partial charge in [-0.25, -0.2) is 4.68 Å². The second-order valence-electron chi connectivity index (χ2n) is 8.45. The van der Waals surface area contributed by atoms with Crippen LogP contribution in [0.4, 0.5) is 5.82 Å². The number of Topliss-reactive ketones (excluding diaryl/α,β-unsaturated/α-hetero) is 1. The third-order valence-electron chi connectivity index (χ3n) is 5.56. The molecule has 0 spiro atoms. The number of aryl methyl sites for hydroxylation is 1. The quantitative estimate of drug-likeness (QED) is 0.736. The summed E-state index contributed by atoms with van der Waals surface area (Å²) in [6.45, 7) is 8.55. The Kier molecular flexibility index (Phi) is 4.46. The van der Waals surface area contributed by atoms with Crippen LogP contribution >= 0.6 is 11.8 Å². The van der Waals surface area contributed by atoms with Gasteiger partial charge in [0.05, 0.1) is 17.2 Å². The summed E-state index contributed by atoms with van der Waals surface area (Å²) in [6, 6.07) is 8.67. The standard InChI is InChI=1S/C22H27N3OS/c1-13-18-19(14-9-11-15(27-5)12-10-14)20-16(7-6-8-17(20)26)23-21(18)25(24-13)22(2,3)4/h7,9-12,19-20,23H,6,8H2,1-5H3/t19-,20+/m1/s1. The Bertz CT molecular complexity index is 918. The second-order valence-corrected chi connectivity index (χ2v) is 9.33. The van der Waals surface area contributed by atoms with Crippen molar-refractivity contribution in [3.8, 4) is 0 Å². The highest BCUT2D eigenvalue weighted by Gasteiger charge is 2.43. The van der Waals surface area contributed by atoms with Crippen LogP contribution in [0.2, 0.25) is 0 Å². The predicted molar refractivity (Wildman–Crippen MR) is 111 cm³/mol. The molecule has 0 fully saturated rings. The van der Waals surface area contributed by atoms with Crippen molar-refractivity contribution in [2.75, 3.05) is 11.6 Å². The molecule has 2 aliphatic rings. The van der Waals surface area contributed by atoms with Crippen LogP contribution in [0.15, 0.2) is 40.9 Å². The maximum atomic E-state index is 12.9. The molecule has 1 N–H and O–H groups in total. The van der Waals surface area contributed by atoms with E-state index in [4.69, 9.17) is 5.10 Å². The van der Waals surface area contributed by atoms with Crippen molar-refractivity contribution in [1.82, 2.24) is 9.78 Å². The van der Waals surface area contributed by atoms with Crippen molar-refractivity contribution in [1.29, 1.82) is 0 Å². The zero-order chi connectivity index (χ0) is 19.3. The van der Waals surface area contributed by atoms with Crippen molar-refractivity contribution >= 4 is 23.4 Å². The minimum Gasteiger partial charge on any atom is -0.343 e. The van der Waals surface area contributed by atoms with Gasteiger partial charge in [0.2, 0.25) is 0 Å². The smallest absolute Gasteiger partial charge is 0.143 e. The monoisotopic (exact) mass is 381 g/mol. The molecule has 4 nitrogen and oxygen atoms in total. The number of rotatable bonds is 2. The van der Waals surface area contributed by atoms with E-state index in [2.05, 4.69) is 74.3 Å². The van der Waals surface area contributed by atoms with E-state index in [1.54, 1.807) is 11.8 Å². The van der Waals surface area contributed by atoms with Gasteiger partial charge in [0.15, 0.2) is 0 Å². The Hall–Kier alpha value is -2.01. The van der Waals surface area contributed by atoms with Gasteiger partial charge >= 0.3 is 0 Å². The van der Waals surface area contributed by atoms with Crippen molar-refractivity contribution in [3.63, 3.8) is 0 Å². The van der Waals surface area contributed by atoms with Gasteiger partial charge in [0, 0.05) is 28.5 Å². The molecule has 0 bridgehead atoms. The fourth-order valence-electron chi connectivity index (χ4n) is 4.31. The number of hydrogen-bond acceptors (Lipinski definition) is 4. The zero-order valence-corrected chi connectivity index (χ0v) is 17.5. The van der Waals surface area contributed by atoms with Crippen LogP contribution in [0, 0.1) is 12.8 Å². The number of carbonyl (C=O) groups excluding carboxylic acids is 1. The second kappa shape index (κ2) is 6.55. The number of carbonyl (C=O) groups is 1. The fourth-order valence-corrected chi connectivity index (χ4v) is 4.72. The molecule has 1 aliphatic carbocycles. The van der Waals surface area contributed by atoms with Gasteiger partial charge in [-0.2, -0.15) is 5.10 Å². The van der Waals surface area contributed by atoms with Crippen LogP contribution in [-0.2, 0) is 10.3 Å². The third kappa shape index (κ3) is 3.02. The maximum Gasteiger partial charge on any atom is 0.143 e. The van der Waals surface area contributed by atoms with Crippen LogP contribution in [0.25, 0.3) is 0 Å². The summed E-state index contributed by atoms with van der Waals surface area (Å²) in [6.07, 6.45) is 5.72. The van der Waals surface area contributed by atoms with Gasteiger partial charge in [-0.3, -0.25) is 4.79 Å². The van der Waals surface area contributed by atoms with E-state index >= 15 is 0 Å². The minimum atomic E-state index is -0.136. The van der Waals surface area contributed by atoms with Crippen molar-refractivity contribution < 1.29 is 4.79 Å². The summed E-state index contributed by atoms with van der Waals surface area (Å²) in [7, 11) is 0. The van der Waals surface area contributed by atoms with E-state index in [9.17, 15) is 4.79 Å². The molecule has 1 aromatic carbocycles. The third-order valence-corrected chi connectivity index (χ3v) is 6.30. The van der Waals surface area contributed by atoms with Gasteiger partial charge in [0.25, 0.3) is 0 Å². The van der Waals surface area contributed by atoms with Crippen LogP contribution in [0.3, 0.4) is 0 Å². The average Bonchev–Trinajstić information content (AvgIpc) is 2.97. The normalized spacial score (nSPS) is 22.0. The molecule has 0 unspecified atom stereocenters. The molecule has 5 heteroatoms. The van der Waals surface area contributed by atoms with Gasteiger partial charge in [-0.1, -0.05) is 18.2 Å². The van der Waals surface area contributed by atoms with Gasteiger partial charge in [-0.05, 0) is 58.1 Å². The lowest BCUT2D eigenvalue weighted by atomic mass is 9.72. The molecule has 142 valence electrons. The van der Waals surface area contributed by atoms with Crippen LogP contribution in [0.1, 0.15) is 56.4 Å². The van der Waals surface area contributed by atoms with Gasteiger partial charge in [-0.15, -0.1) is 11.8 Å². The van der Waals surface area contributed by atoms with E-state index in [0.717, 1.165) is 23.6 Å². The molecular formula is C22H27N3OS. The first-order chi connectivity index (χ1) is 12.8. The molecule has 2 aromatic rings. The van der Waals surface area contributed by atoms with Crippen molar-refractivity contribution in [2.45, 2.75) is 56.9 Å². The minimum absolute atomic E-state index is 0.0207. The van der Waals surface area contributed by atoms with E-state index < -0.39 is 0 Å². The lowest BCUT2D eigenvalue weighted by Crippen LogP contribution is -2.36. The first-order valence-electron chi connectivity index (χ1n) is 9.55. The number of aromatic nitrogens is 2. The molecule has 4 rings (SSSR count). The molecular weight excluding hydrogens is 354 g/mol. The number of ketones is 1. The van der Waals surface area contributed by atoms with Crippen LogP contribution < -0.4 is 5.32 Å². The molecule has 0 saturated heterocycles. The molecule has 0 radical (unpaired) electrons. The number of fused-ring (bicyclic) bond motifs is 2. The average molecular weight is 382 g/mol. The fraction of sp³-hybridized carbons (Fsp3) is 0.455. The number of thioether (sulfide) groups is 1. The van der Waals surface area contributed by atoms with E-state index in [1.807, 2.05) is 0 Å². The molecule has 2 heterocycles. The Morgan fingerprint density at radius 3 is 2.52 bits per heavy atom. The maximum absolute atomic E-state index is 12.9. The zero-order valence-electron chi connectivity index (χ0n) is 16.7. The number of hydrogen-bond donors (Lipinski definition) is 1. The van der Waals surface area contributed by atoms with Crippen LogP contribution in [-0.4, -0.2) is 21.8 Å². The molecule has 2 atom stereocenters. The lowest BCUT2D eigenvalue weighted by molar-refractivity contribution is -0.122. The summed E-state index contributed by atoms with van der Waals surface area (Å²) in [4.78, 5) is 14.2. The first-order valence-corrected chi connectivity index (χ1v) is 10.8. The Morgan fingerprint density at radius 2 is 1.89 bits per heavy atom. The van der Waals surface area contributed by atoms with Crippen molar-refractivity contribution in [3.05, 3.63) is 52.9 Å². The lowest BCUT2D eigenvalue weighted by Gasteiger charge is -2.38. The summed E-state index contributed by atoms with van der Waals surface area (Å²) in [5.41, 5.74) is 4.27. The summed E-state index contributed by atoms with van der Waals surface area (Å²) >= 11 is 1.74. The number of benzene rings is 1. The molecule has 27 heavy (non-hydrogen) atoms. The number of nitrogens with one attached hydrogen (secondary N) is 1. The number of anilines is 1. The number of allylic oxidation sites excluding steroid dienone is 2. The van der Waals surface area contributed by atoms with E-state index in [0.29, 0.717) is 12.2 Å². The Morgan fingerprint density at radius 1 is 1.19 bits per heavy atom. The highest BCUT2D eigenvalue weighted by Crippen LogP contribution is 2.48. The van der Waals surface area contributed by atoms with E-state index in [1.165, 1.54) is 16.0 Å². The van der Waals surface area contributed by atoms with Crippen molar-refractivity contribution in [2.24, 2.45) is 5.92 Å². The highest BCUT2D eigenvalue weighted by molar-refractivity contribution is 7.98. The summed E-state index contributed by atoms with van der Waals surface area (Å²) in [5, 5.41) is 8.45.